The van der Waals surface area contributed by atoms with Crippen LogP contribution in [0.15, 0.2) is 69.5 Å². The normalized spacial score (nSPS) is 20.5. The maximum Gasteiger partial charge on any atom is 0.245 e. The van der Waals surface area contributed by atoms with Gasteiger partial charge in [-0.2, -0.15) is 5.26 Å². The number of fused-ring (bicyclic) bond motifs is 3. The van der Waals surface area contributed by atoms with Gasteiger partial charge >= 0.3 is 0 Å². The molecule has 1 unspecified atom stereocenters. The summed E-state index contributed by atoms with van der Waals surface area (Å²) in [6.07, 6.45) is 1.19. The molecule has 8 nitrogen and oxygen atoms in total. The zero-order chi connectivity index (χ0) is 26.6. The molecule has 0 bridgehead atoms. The minimum absolute atomic E-state index is 0.0144. The zero-order valence-electron chi connectivity index (χ0n) is 20.2. The summed E-state index contributed by atoms with van der Waals surface area (Å²) in [5.41, 5.74) is 8.22. The number of ketones is 1. The number of benzene rings is 2. The number of carbonyl (C=O) groups is 2. The molecule has 1 atom stereocenters. The Hall–Kier alpha value is -4.01. The average Bonchev–Trinajstić information content (AvgIpc) is 3.47. The quantitative estimate of drug-likeness (QED) is 0.453. The lowest BCUT2D eigenvalue weighted by Crippen LogP contribution is -2.50. The Kier molecular flexibility index (Phi) is 5.81. The Morgan fingerprint density at radius 2 is 2.00 bits per heavy atom. The summed E-state index contributed by atoms with van der Waals surface area (Å²) in [5.74, 6) is -0.766. The molecule has 0 radical (unpaired) electrons. The van der Waals surface area contributed by atoms with Crippen molar-refractivity contribution >= 4 is 45.6 Å². The van der Waals surface area contributed by atoms with Crippen LogP contribution in [0.5, 0.6) is 0 Å². The first-order valence-corrected chi connectivity index (χ1v) is 13.8. The van der Waals surface area contributed by atoms with Gasteiger partial charge in [0.2, 0.25) is 11.0 Å². The molecule has 11 heteroatoms. The number of hydrogen-bond acceptors (Lipinski definition) is 9. The van der Waals surface area contributed by atoms with Crippen LogP contribution in [0.1, 0.15) is 36.0 Å². The molecule has 6 rings (SSSR count). The van der Waals surface area contributed by atoms with Crippen LogP contribution >= 0.6 is 23.1 Å². The van der Waals surface area contributed by atoms with Gasteiger partial charge in [0.25, 0.3) is 0 Å². The van der Waals surface area contributed by atoms with Gasteiger partial charge in [-0.3, -0.25) is 14.5 Å². The lowest BCUT2D eigenvalue weighted by Gasteiger charge is -2.42. The number of carbonyl (C=O) groups excluding carboxylic acids is 2. The molecule has 3 aliphatic rings. The van der Waals surface area contributed by atoms with Crippen LogP contribution < -0.4 is 16.0 Å². The molecule has 1 spiro atoms. The maximum absolute atomic E-state index is 14.4. The predicted octanol–water partition coefficient (Wildman–Crippen LogP) is 4.69. The van der Waals surface area contributed by atoms with Crippen LogP contribution in [0, 0.1) is 24.1 Å². The van der Waals surface area contributed by atoms with Crippen molar-refractivity contribution < 1.29 is 14.0 Å². The highest BCUT2D eigenvalue weighted by molar-refractivity contribution is 8.00. The number of anilines is 2. The standard InChI is InChI=1S/C27H21FN6O2S2/c1-14-5-7-15(8-6-14)13-37-26-33-32-25(38-26)34-20-3-2-4-21(35)22(20)27(18(12-29)23(34)30)17-11-16(28)9-10-19(17)31-24(27)36/h5-11H,2-4,13,30H2,1H3,(H,31,36). The fourth-order valence-electron chi connectivity index (χ4n) is 5.36. The fraction of sp³-hybridized carbons (Fsp3) is 0.222. The molecule has 1 aliphatic carbocycles. The monoisotopic (exact) mass is 544 g/mol. The predicted molar refractivity (Wildman–Crippen MR) is 143 cm³/mol. The summed E-state index contributed by atoms with van der Waals surface area (Å²) < 4.78 is 15.1. The number of aryl methyl sites for hydroxylation is 1. The van der Waals surface area contributed by atoms with E-state index < -0.39 is 17.1 Å². The van der Waals surface area contributed by atoms with E-state index in [-0.39, 0.29) is 34.7 Å². The number of Topliss-reactive ketones (excluding diaryl/α,β-unsaturated/α-hetero) is 1. The number of hydrogen-bond donors (Lipinski definition) is 2. The molecule has 1 aromatic heterocycles. The maximum atomic E-state index is 14.4. The molecule has 190 valence electrons. The SMILES string of the molecule is Cc1ccc(CSc2nnc(N3C(N)=C(C#N)C4(C(=O)Nc5ccc(F)cc54)C4=C3CCCC4=O)s2)cc1. The van der Waals surface area contributed by atoms with Gasteiger partial charge in [-0.25, -0.2) is 4.39 Å². The Balaban J connectivity index is 1.46. The Labute approximate surface area is 226 Å². The number of nitrogens with two attached hydrogens (primary N) is 1. The van der Waals surface area contributed by atoms with Gasteiger partial charge in [0.15, 0.2) is 10.1 Å². The van der Waals surface area contributed by atoms with Crippen molar-refractivity contribution in [2.45, 2.75) is 41.7 Å². The van der Waals surface area contributed by atoms with Crippen LogP contribution in [0.3, 0.4) is 0 Å². The molecule has 3 N–H and O–H groups in total. The van der Waals surface area contributed by atoms with E-state index in [2.05, 4.69) is 45.8 Å². The van der Waals surface area contributed by atoms with Crippen LogP contribution in [-0.2, 0) is 20.8 Å². The summed E-state index contributed by atoms with van der Waals surface area (Å²) in [6.45, 7) is 2.04. The first-order valence-electron chi connectivity index (χ1n) is 11.9. The fourth-order valence-corrected chi connectivity index (χ4v) is 7.20. The van der Waals surface area contributed by atoms with E-state index >= 15 is 0 Å². The Morgan fingerprint density at radius 3 is 2.76 bits per heavy atom. The zero-order valence-corrected chi connectivity index (χ0v) is 21.9. The van der Waals surface area contributed by atoms with Gasteiger partial charge in [0.05, 0.1) is 5.57 Å². The molecule has 2 aliphatic heterocycles. The third-order valence-corrected chi connectivity index (χ3v) is 9.17. The highest BCUT2D eigenvalue weighted by Crippen LogP contribution is 2.55. The lowest BCUT2D eigenvalue weighted by molar-refractivity contribution is -0.122. The number of nitrogens with one attached hydrogen (secondary N) is 1. The van der Waals surface area contributed by atoms with Gasteiger partial charge in [-0.1, -0.05) is 52.9 Å². The number of aromatic nitrogens is 2. The van der Waals surface area contributed by atoms with Crippen LogP contribution in [0.25, 0.3) is 0 Å². The Bertz CT molecular complexity index is 1620. The number of allylic oxidation sites excluding steroid dienone is 1. The molecule has 3 heterocycles. The number of rotatable bonds is 4. The molecule has 3 aromatic rings. The largest absolute Gasteiger partial charge is 0.384 e. The summed E-state index contributed by atoms with van der Waals surface area (Å²) in [5, 5.41) is 22.1. The molecule has 38 heavy (non-hydrogen) atoms. The number of halogens is 1. The minimum atomic E-state index is -1.81. The summed E-state index contributed by atoms with van der Waals surface area (Å²) in [6, 6.07) is 14.2. The van der Waals surface area contributed by atoms with E-state index in [1.807, 2.05) is 6.92 Å². The van der Waals surface area contributed by atoms with Crippen molar-refractivity contribution in [1.82, 2.24) is 10.2 Å². The van der Waals surface area contributed by atoms with E-state index in [1.54, 1.807) is 4.90 Å². The van der Waals surface area contributed by atoms with Crippen molar-refractivity contribution in [1.29, 1.82) is 5.26 Å². The Morgan fingerprint density at radius 1 is 1.21 bits per heavy atom. The second-order valence-corrected chi connectivity index (χ2v) is 11.5. The highest BCUT2D eigenvalue weighted by atomic mass is 32.2. The lowest BCUT2D eigenvalue weighted by atomic mass is 9.64. The third kappa shape index (κ3) is 3.55. The molecule has 1 amide bonds. The molecule has 0 saturated carbocycles. The van der Waals surface area contributed by atoms with Crippen molar-refractivity contribution in [3.05, 3.63) is 87.6 Å². The summed E-state index contributed by atoms with van der Waals surface area (Å²) in [4.78, 5) is 28.7. The molecule has 0 saturated heterocycles. The number of amides is 1. The minimum Gasteiger partial charge on any atom is -0.384 e. The van der Waals surface area contributed by atoms with Gasteiger partial charge in [0.1, 0.15) is 23.1 Å². The smallest absolute Gasteiger partial charge is 0.245 e. The van der Waals surface area contributed by atoms with E-state index in [1.165, 1.54) is 46.9 Å². The van der Waals surface area contributed by atoms with E-state index in [4.69, 9.17) is 5.73 Å². The third-order valence-electron chi connectivity index (χ3n) is 7.06. The number of nitriles is 1. The highest BCUT2D eigenvalue weighted by Gasteiger charge is 2.60. The topological polar surface area (TPSA) is 125 Å². The van der Waals surface area contributed by atoms with Gasteiger partial charge in [-0.05, 0) is 43.5 Å². The second-order valence-electron chi connectivity index (χ2n) is 9.32. The summed E-state index contributed by atoms with van der Waals surface area (Å²) in [7, 11) is 0. The molecule has 2 aromatic carbocycles. The van der Waals surface area contributed by atoms with Crippen LogP contribution in [-0.4, -0.2) is 21.9 Å². The van der Waals surface area contributed by atoms with Crippen molar-refractivity contribution in [3.8, 4) is 6.07 Å². The average molecular weight is 545 g/mol. The number of nitrogens with zero attached hydrogens (tertiary/aromatic N) is 4. The number of thioether (sulfide) groups is 1. The summed E-state index contributed by atoms with van der Waals surface area (Å²) >= 11 is 2.81. The first-order chi connectivity index (χ1) is 18.3. The van der Waals surface area contributed by atoms with Gasteiger partial charge < -0.3 is 11.1 Å². The van der Waals surface area contributed by atoms with E-state index in [0.29, 0.717) is 39.5 Å². The molecular weight excluding hydrogens is 523 g/mol. The van der Waals surface area contributed by atoms with Crippen molar-refractivity contribution in [2.24, 2.45) is 5.73 Å². The van der Waals surface area contributed by atoms with Gasteiger partial charge in [0, 0.05) is 34.7 Å². The van der Waals surface area contributed by atoms with E-state index in [0.717, 1.165) is 5.56 Å². The molecular formula is C27H21FN6O2S2. The van der Waals surface area contributed by atoms with Crippen LogP contribution in [0.4, 0.5) is 15.2 Å². The van der Waals surface area contributed by atoms with Crippen LogP contribution in [0.2, 0.25) is 0 Å². The molecule has 0 fully saturated rings. The van der Waals surface area contributed by atoms with Crippen molar-refractivity contribution in [3.63, 3.8) is 0 Å². The second kappa shape index (κ2) is 9.08. The first kappa shape index (κ1) is 24.3. The van der Waals surface area contributed by atoms with Gasteiger partial charge in [-0.15, -0.1) is 10.2 Å². The van der Waals surface area contributed by atoms with E-state index in [9.17, 15) is 19.2 Å². The van der Waals surface area contributed by atoms with Crippen molar-refractivity contribution in [2.75, 3.05) is 10.2 Å².